The molecular weight excluding hydrogens is 472 g/mol. The molecule has 8 heteroatoms. The summed E-state index contributed by atoms with van der Waals surface area (Å²) in [6.07, 6.45) is 3.31. The molecule has 194 valence electrons. The third-order valence-corrected chi connectivity index (χ3v) is 5.14. The lowest BCUT2D eigenvalue weighted by molar-refractivity contribution is -0.123. The van der Waals surface area contributed by atoms with Crippen LogP contribution in [-0.2, 0) is 11.2 Å². The monoisotopic (exact) mass is 504 g/mol. The Morgan fingerprint density at radius 3 is 2.22 bits per heavy atom. The van der Waals surface area contributed by atoms with E-state index >= 15 is 0 Å². The summed E-state index contributed by atoms with van der Waals surface area (Å²) in [5.74, 6) is 1.07. The average molecular weight is 505 g/mol. The lowest BCUT2D eigenvalue weighted by Crippen LogP contribution is -2.24. The van der Waals surface area contributed by atoms with Gasteiger partial charge in [-0.3, -0.25) is 4.79 Å². The number of nitrogens with zero attached hydrogens (tertiary/aromatic N) is 1. The predicted octanol–water partition coefficient (Wildman–Crippen LogP) is 5.18. The van der Waals surface area contributed by atoms with Gasteiger partial charge in [0.05, 0.1) is 25.0 Å². The van der Waals surface area contributed by atoms with Gasteiger partial charge >= 0.3 is 5.97 Å². The number of ether oxygens (including phenoxy) is 4. The second kappa shape index (κ2) is 14.3. The van der Waals surface area contributed by atoms with E-state index in [9.17, 15) is 9.59 Å². The molecule has 3 rings (SSSR count). The number of carbonyl (C=O) groups is 2. The fourth-order valence-corrected chi connectivity index (χ4v) is 3.20. The van der Waals surface area contributed by atoms with Crippen LogP contribution in [0.4, 0.5) is 0 Å². The van der Waals surface area contributed by atoms with E-state index in [2.05, 4.69) is 17.5 Å². The van der Waals surface area contributed by atoms with E-state index < -0.39 is 11.9 Å². The van der Waals surface area contributed by atoms with E-state index in [1.807, 2.05) is 38.1 Å². The third-order valence-electron chi connectivity index (χ3n) is 5.14. The Morgan fingerprint density at radius 2 is 1.54 bits per heavy atom. The number of benzene rings is 3. The number of hydrazone groups is 1. The second-order valence-corrected chi connectivity index (χ2v) is 7.98. The summed E-state index contributed by atoms with van der Waals surface area (Å²) >= 11 is 0. The zero-order chi connectivity index (χ0) is 26.5. The fraction of sp³-hybridized carbons (Fsp3) is 0.276. The molecule has 0 atom stereocenters. The first-order valence-electron chi connectivity index (χ1n) is 12.3. The van der Waals surface area contributed by atoms with Crippen LogP contribution in [-0.4, -0.2) is 37.9 Å². The van der Waals surface area contributed by atoms with Crippen molar-refractivity contribution in [2.45, 2.75) is 33.6 Å². The number of hydrogen-bond acceptors (Lipinski definition) is 7. The van der Waals surface area contributed by atoms with E-state index in [4.69, 9.17) is 18.9 Å². The molecular formula is C29H32N2O6. The first kappa shape index (κ1) is 27.3. The fourth-order valence-electron chi connectivity index (χ4n) is 3.20. The van der Waals surface area contributed by atoms with Crippen LogP contribution in [0.1, 0.15) is 48.7 Å². The van der Waals surface area contributed by atoms with Crippen molar-refractivity contribution < 1.29 is 28.5 Å². The van der Waals surface area contributed by atoms with Crippen molar-refractivity contribution in [1.29, 1.82) is 0 Å². The zero-order valence-electron chi connectivity index (χ0n) is 21.4. The molecule has 3 aromatic rings. The minimum absolute atomic E-state index is 0.159. The molecule has 0 aliphatic heterocycles. The largest absolute Gasteiger partial charge is 0.494 e. The first-order valence-corrected chi connectivity index (χ1v) is 12.3. The van der Waals surface area contributed by atoms with Crippen LogP contribution < -0.4 is 24.4 Å². The topological polar surface area (TPSA) is 95.5 Å². The molecule has 0 unspecified atom stereocenters. The summed E-state index contributed by atoms with van der Waals surface area (Å²) in [4.78, 5) is 24.7. The van der Waals surface area contributed by atoms with Gasteiger partial charge in [0.2, 0.25) is 0 Å². The highest BCUT2D eigenvalue weighted by atomic mass is 16.6. The maximum Gasteiger partial charge on any atom is 0.343 e. The van der Waals surface area contributed by atoms with Gasteiger partial charge in [0.25, 0.3) is 5.91 Å². The van der Waals surface area contributed by atoms with Gasteiger partial charge in [0, 0.05) is 0 Å². The molecule has 37 heavy (non-hydrogen) atoms. The molecule has 0 bridgehead atoms. The molecule has 0 aliphatic carbocycles. The smallest absolute Gasteiger partial charge is 0.343 e. The van der Waals surface area contributed by atoms with Crippen molar-refractivity contribution >= 4 is 18.1 Å². The lowest BCUT2D eigenvalue weighted by Gasteiger charge is -2.12. The molecule has 0 heterocycles. The summed E-state index contributed by atoms with van der Waals surface area (Å²) in [7, 11) is 0. The molecule has 0 saturated heterocycles. The van der Waals surface area contributed by atoms with Gasteiger partial charge in [-0.1, -0.05) is 26.0 Å². The minimum atomic E-state index is -0.513. The van der Waals surface area contributed by atoms with Crippen LogP contribution in [0, 0.1) is 0 Å². The van der Waals surface area contributed by atoms with Crippen molar-refractivity contribution in [3.8, 4) is 23.0 Å². The summed E-state index contributed by atoms with van der Waals surface area (Å²) in [5.41, 5.74) is 4.67. The highest BCUT2D eigenvalue weighted by molar-refractivity contribution is 5.92. The van der Waals surface area contributed by atoms with Crippen molar-refractivity contribution in [2.75, 3.05) is 19.8 Å². The van der Waals surface area contributed by atoms with E-state index in [1.54, 1.807) is 42.5 Å². The van der Waals surface area contributed by atoms with Gasteiger partial charge in [0.15, 0.2) is 18.1 Å². The molecule has 0 radical (unpaired) electrons. The van der Waals surface area contributed by atoms with E-state index in [0.717, 1.165) is 12.8 Å². The van der Waals surface area contributed by atoms with Crippen LogP contribution in [0.3, 0.4) is 0 Å². The van der Waals surface area contributed by atoms with Gasteiger partial charge in [-0.25, -0.2) is 10.2 Å². The maximum absolute atomic E-state index is 12.6. The molecule has 0 aromatic heterocycles. The minimum Gasteiger partial charge on any atom is -0.494 e. The Kier molecular flexibility index (Phi) is 10.5. The Labute approximate surface area is 217 Å². The van der Waals surface area contributed by atoms with E-state index in [1.165, 1.54) is 11.8 Å². The lowest BCUT2D eigenvalue weighted by atomic mass is 10.2. The van der Waals surface area contributed by atoms with Crippen LogP contribution >= 0.6 is 0 Å². The summed E-state index contributed by atoms with van der Waals surface area (Å²) in [5, 5.41) is 3.97. The number of nitrogens with one attached hydrogen (secondary N) is 1. The van der Waals surface area contributed by atoms with Crippen LogP contribution in [0.2, 0.25) is 0 Å². The zero-order valence-corrected chi connectivity index (χ0v) is 21.4. The molecule has 0 saturated carbocycles. The van der Waals surface area contributed by atoms with Gasteiger partial charge in [0.1, 0.15) is 11.5 Å². The number of amides is 1. The molecule has 0 spiro atoms. The molecule has 1 N–H and O–H groups in total. The maximum atomic E-state index is 12.6. The number of esters is 1. The Balaban J connectivity index is 1.56. The quantitative estimate of drug-likeness (QED) is 0.149. The third kappa shape index (κ3) is 8.68. The highest BCUT2D eigenvalue weighted by Crippen LogP contribution is 2.29. The second-order valence-electron chi connectivity index (χ2n) is 7.98. The first-order chi connectivity index (χ1) is 18.0. The van der Waals surface area contributed by atoms with E-state index in [-0.39, 0.29) is 12.4 Å². The normalized spacial score (nSPS) is 10.7. The number of carbonyl (C=O) groups excluding carboxylic acids is 2. The van der Waals surface area contributed by atoms with Crippen molar-refractivity contribution in [3.05, 3.63) is 83.4 Å². The standard InChI is InChI=1S/C29H32N2O6/c1-4-17-35-24-14-10-23(11-15-24)29(33)37-26-16-9-22(18-27(26)34-6-3)19-30-31-28(32)20-36-25-12-7-21(5-2)8-13-25/h7-16,18-19H,4-6,17,20H2,1-3H3,(H,31,32). The van der Waals surface area contributed by atoms with Crippen molar-refractivity contribution in [1.82, 2.24) is 5.43 Å². The Morgan fingerprint density at radius 1 is 0.838 bits per heavy atom. The molecule has 1 amide bonds. The van der Waals surface area contributed by atoms with Crippen molar-refractivity contribution in [2.24, 2.45) is 5.10 Å². The van der Waals surface area contributed by atoms with Gasteiger partial charge < -0.3 is 18.9 Å². The number of aryl methyl sites for hydroxylation is 1. The Hall–Kier alpha value is -4.33. The summed E-state index contributed by atoms with van der Waals surface area (Å²) < 4.78 is 22.2. The van der Waals surface area contributed by atoms with Gasteiger partial charge in [-0.05, 0) is 85.5 Å². The van der Waals surface area contributed by atoms with Crippen LogP contribution in [0.25, 0.3) is 0 Å². The molecule has 0 fully saturated rings. The van der Waals surface area contributed by atoms with E-state index in [0.29, 0.717) is 41.6 Å². The summed E-state index contributed by atoms with van der Waals surface area (Å²) in [6, 6.07) is 19.3. The summed E-state index contributed by atoms with van der Waals surface area (Å²) in [6.45, 7) is 6.76. The van der Waals surface area contributed by atoms with Crippen LogP contribution in [0.15, 0.2) is 71.8 Å². The SMILES string of the molecule is CCCOc1ccc(C(=O)Oc2ccc(C=NNC(=O)COc3ccc(CC)cc3)cc2OCC)cc1. The average Bonchev–Trinajstić information content (AvgIpc) is 2.92. The molecule has 8 nitrogen and oxygen atoms in total. The van der Waals surface area contributed by atoms with Crippen LogP contribution in [0.5, 0.6) is 23.0 Å². The predicted molar refractivity (Wildman–Crippen MR) is 142 cm³/mol. The molecule has 3 aromatic carbocycles. The number of rotatable bonds is 13. The molecule has 0 aliphatic rings. The van der Waals surface area contributed by atoms with Crippen molar-refractivity contribution in [3.63, 3.8) is 0 Å². The van der Waals surface area contributed by atoms with Gasteiger partial charge in [-0.2, -0.15) is 5.10 Å². The highest BCUT2D eigenvalue weighted by Gasteiger charge is 2.13. The Bertz CT molecular complexity index is 1190. The number of hydrogen-bond donors (Lipinski definition) is 1. The van der Waals surface area contributed by atoms with Gasteiger partial charge in [-0.15, -0.1) is 0 Å².